The van der Waals surface area contributed by atoms with Gasteiger partial charge in [0.1, 0.15) is 11.5 Å². The largest absolute Gasteiger partial charge is 0.497 e. The summed E-state index contributed by atoms with van der Waals surface area (Å²) in [5.41, 5.74) is 2.44. The highest BCUT2D eigenvalue weighted by Gasteiger charge is 2.14. The third-order valence-electron chi connectivity index (χ3n) is 3.87. The standard InChI is InChI=1S/C19H21NO4S/c1-23-18-8-7-17(19(13-18)24-2)10-12-25(21,22)14-16-5-3-15(4-6-16)9-11-20/h3-8,13H,9-10,12,14H2,1-2H3. The number of nitrogens with zero attached hydrogens (tertiary/aromatic N) is 1. The van der Waals surface area contributed by atoms with Gasteiger partial charge in [0.05, 0.1) is 38.2 Å². The number of aryl methyl sites for hydroxylation is 1. The Morgan fingerprint density at radius 2 is 1.68 bits per heavy atom. The number of ether oxygens (including phenoxy) is 2. The Morgan fingerprint density at radius 3 is 2.28 bits per heavy atom. The van der Waals surface area contributed by atoms with Crippen LogP contribution >= 0.6 is 0 Å². The molecule has 0 aliphatic carbocycles. The van der Waals surface area contributed by atoms with Gasteiger partial charge in [0.25, 0.3) is 0 Å². The lowest BCUT2D eigenvalue weighted by Crippen LogP contribution is -2.12. The molecular weight excluding hydrogens is 338 g/mol. The minimum Gasteiger partial charge on any atom is -0.497 e. The highest BCUT2D eigenvalue weighted by Crippen LogP contribution is 2.25. The highest BCUT2D eigenvalue weighted by atomic mass is 32.2. The lowest BCUT2D eigenvalue weighted by atomic mass is 10.1. The molecule has 0 aromatic heterocycles. The van der Waals surface area contributed by atoms with Gasteiger partial charge in [-0.15, -0.1) is 0 Å². The molecule has 5 nitrogen and oxygen atoms in total. The number of benzene rings is 2. The van der Waals surface area contributed by atoms with Gasteiger partial charge in [0, 0.05) is 6.07 Å². The van der Waals surface area contributed by atoms with Crippen LogP contribution in [0.15, 0.2) is 42.5 Å². The molecule has 0 amide bonds. The molecule has 0 N–H and O–H groups in total. The molecule has 2 rings (SSSR count). The number of sulfone groups is 1. The second-order valence-electron chi connectivity index (χ2n) is 5.67. The van der Waals surface area contributed by atoms with Crippen molar-refractivity contribution >= 4 is 9.84 Å². The van der Waals surface area contributed by atoms with E-state index in [9.17, 15) is 8.42 Å². The number of hydrogen-bond donors (Lipinski definition) is 0. The minimum absolute atomic E-state index is 0.0156. The van der Waals surface area contributed by atoms with E-state index >= 15 is 0 Å². The summed E-state index contributed by atoms with van der Waals surface area (Å²) in [6, 6.07) is 14.5. The Bertz CT molecular complexity index is 852. The van der Waals surface area contributed by atoms with E-state index in [0.717, 1.165) is 16.7 Å². The van der Waals surface area contributed by atoms with E-state index in [4.69, 9.17) is 14.7 Å². The van der Waals surface area contributed by atoms with Gasteiger partial charge >= 0.3 is 0 Å². The highest BCUT2D eigenvalue weighted by molar-refractivity contribution is 7.90. The molecule has 0 saturated heterocycles. The second kappa shape index (κ2) is 8.54. The van der Waals surface area contributed by atoms with Gasteiger partial charge in [-0.1, -0.05) is 30.3 Å². The van der Waals surface area contributed by atoms with E-state index in [2.05, 4.69) is 6.07 Å². The first kappa shape index (κ1) is 18.8. The van der Waals surface area contributed by atoms with Gasteiger partial charge in [-0.2, -0.15) is 5.26 Å². The fourth-order valence-corrected chi connectivity index (χ4v) is 3.87. The van der Waals surface area contributed by atoms with Crippen molar-refractivity contribution in [1.82, 2.24) is 0 Å². The maximum absolute atomic E-state index is 12.4. The van der Waals surface area contributed by atoms with Gasteiger partial charge in [0.15, 0.2) is 9.84 Å². The molecule has 0 aliphatic heterocycles. The molecule has 25 heavy (non-hydrogen) atoms. The molecule has 0 bridgehead atoms. The maximum Gasteiger partial charge on any atom is 0.154 e. The van der Waals surface area contributed by atoms with E-state index in [0.29, 0.717) is 24.3 Å². The molecule has 0 heterocycles. The molecule has 0 fully saturated rings. The van der Waals surface area contributed by atoms with E-state index in [1.807, 2.05) is 6.07 Å². The van der Waals surface area contributed by atoms with Crippen molar-refractivity contribution in [2.24, 2.45) is 0 Å². The van der Waals surface area contributed by atoms with Crippen molar-refractivity contribution in [1.29, 1.82) is 5.26 Å². The fourth-order valence-electron chi connectivity index (χ4n) is 2.49. The van der Waals surface area contributed by atoms with Crippen LogP contribution in [0.4, 0.5) is 0 Å². The molecule has 0 radical (unpaired) electrons. The zero-order chi connectivity index (χ0) is 18.3. The third kappa shape index (κ3) is 5.50. The van der Waals surface area contributed by atoms with E-state index < -0.39 is 9.84 Å². The van der Waals surface area contributed by atoms with Crippen LogP contribution < -0.4 is 9.47 Å². The number of nitriles is 1. The summed E-state index contributed by atoms with van der Waals surface area (Å²) in [5, 5.41) is 8.67. The van der Waals surface area contributed by atoms with Crippen molar-refractivity contribution in [3.63, 3.8) is 0 Å². The van der Waals surface area contributed by atoms with Gasteiger partial charge in [0.2, 0.25) is 0 Å². The Kier molecular flexibility index (Phi) is 6.43. The fraction of sp³-hybridized carbons (Fsp3) is 0.316. The number of rotatable bonds is 8. The second-order valence-corrected chi connectivity index (χ2v) is 7.86. The first-order valence-electron chi connectivity index (χ1n) is 7.83. The smallest absolute Gasteiger partial charge is 0.154 e. The Balaban J connectivity index is 2.03. The summed E-state index contributed by atoms with van der Waals surface area (Å²) in [5.74, 6) is 1.31. The van der Waals surface area contributed by atoms with E-state index in [-0.39, 0.29) is 11.5 Å². The molecule has 0 unspecified atom stereocenters. The van der Waals surface area contributed by atoms with Crippen molar-refractivity contribution < 1.29 is 17.9 Å². The molecule has 132 valence electrons. The van der Waals surface area contributed by atoms with Gasteiger partial charge in [-0.05, 0) is 29.2 Å². The minimum atomic E-state index is -3.25. The Hall–Kier alpha value is -2.52. The lowest BCUT2D eigenvalue weighted by Gasteiger charge is -2.11. The normalized spacial score (nSPS) is 10.9. The molecule has 0 atom stereocenters. The van der Waals surface area contributed by atoms with Gasteiger partial charge in [-0.3, -0.25) is 0 Å². The topological polar surface area (TPSA) is 76.4 Å². The Labute approximate surface area is 148 Å². The molecule has 2 aromatic rings. The lowest BCUT2D eigenvalue weighted by molar-refractivity contribution is 0.391. The van der Waals surface area contributed by atoms with Crippen molar-refractivity contribution in [2.75, 3.05) is 20.0 Å². The SMILES string of the molecule is COc1ccc(CCS(=O)(=O)Cc2ccc(CC#N)cc2)c(OC)c1. The summed E-state index contributed by atoms with van der Waals surface area (Å²) in [4.78, 5) is 0. The average Bonchev–Trinajstić information content (AvgIpc) is 2.61. The van der Waals surface area contributed by atoms with Gasteiger partial charge < -0.3 is 9.47 Å². The molecule has 0 aliphatic rings. The first-order valence-corrected chi connectivity index (χ1v) is 9.65. The zero-order valence-corrected chi connectivity index (χ0v) is 15.2. The summed E-state index contributed by atoms with van der Waals surface area (Å²) >= 11 is 0. The summed E-state index contributed by atoms with van der Waals surface area (Å²) in [6.07, 6.45) is 0.701. The van der Waals surface area contributed by atoms with Crippen molar-refractivity contribution in [3.05, 3.63) is 59.2 Å². The van der Waals surface area contributed by atoms with E-state index in [1.165, 1.54) is 0 Å². The summed E-state index contributed by atoms with van der Waals surface area (Å²) in [7, 11) is -0.129. The average molecular weight is 359 g/mol. The van der Waals surface area contributed by atoms with Crippen LogP contribution in [0.3, 0.4) is 0 Å². The number of hydrogen-bond acceptors (Lipinski definition) is 5. The third-order valence-corrected chi connectivity index (χ3v) is 5.47. The van der Waals surface area contributed by atoms with Crippen LogP contribution in [-0.2, 0) is 28.4 Å². The molecule has 6 heteroatoms. The van der Waals surface area contributed by atoms with Crippen LogP contribution in [0.2, 0.25) is 0 Å². The first-order chi connectivity index (χ1) is 12.0. The molecule has 0 spiro atoms. The van der Waals surface area contributed by atoms with Crippen LogP contribution in [0.1, 0.15) is 16.7 Å². The summed E-state index contributed by atoms with van der Waals surface area (Å²) in [6.45, 7) is 0. The molecule has 2 aromatic carbocycles. The van der Waals surface area contributed by atoms with Crippen molar-refractivity contribution in [2.45, 2.75) is 18.6 Å². The number of methoxy groups -OCH3 is 2. The quantitative estimate of drug-likeness (QED) is 0.724. The van der Waals surface area contributed by atoms with Crippen LogP contribution in [-0.4, -0.2) is 28.4 Å². The molecule has 0 saturated carbocycles. The van der Waals surface area contributed by atoms with Gasteiger partial charge in [-0.25, -0.2) is 8.42 Å². The van der Waals surface area contributed by atoms with Crippen molar-refractivity contribution in [3.8, 4) is 17.6 Å². The summed E-state index contributed by atoms with van der Waals surface area (Å²) < 4.78 is 35.2. The Morgan fingerprint density at radius 1 is 1.00 bits per heavy atom. The maximum atomic E-state index is 12.4. The van der Waals surface area contributed by atoms with E-state index in [1.54, 1.807) is 50.6 Å². The predicted octanol–water partition coefficient (Wildman–Crippen LogP) is 2.93. The van der Waals surface area contributed by atoms with Crippen LogP contribution in [0.5, 0.6) is 11.5 Å². The van der Waals surface area contributed by atoms with Crippen LogP contribution in [0, 0.1) is 11.3 Å². The van der Waals surface area contributed by atoms with Crippen LogP contribution in [0.25, 0.3) is 0 Å². The monoisotopic (exact) mass is 359 g/mol. The molecular formula is C19H21NO4S. The predicted molar refractivity (Wildman–Crippen MR) is 96.5 cm³/mol. The zero-order valence-electron chi connectivity index (χ0n) is 14.4.